The minimum Gasteiger partial charge on any atom is -0.475 e. The molecule has 0 amide bonds. The Morgan fingerprint density at radius 3 is 2.48 bits per heavy atom. The standard InChI is InChI=1S/C15H22O6/c1-4-5-6-11-13(20-10(3)19-11)12-9(2)14(18)15(7-16,8-17)21-12/h5-6,10-11,13,16-17H,4,7-8H2,1-3H3/b6-5-/t10?,11-,13-/m0/s1. The van der Waals surface area contributed by atoms with Crippen LogP contribution in [0, 0.1) is 0 Å². The van der Waals surface area contributed by atoms with Crippen molar-refractivity contribution in [3.63, 3.8) is 0 Å². The van der Waals surface area contributed by atoms with Crippen LogP contribution >= 0.6 is 0 Å². The molecule has 2 aliphatic rings. The Morgan fingerprint density at radius 2 is 1.95 bits per heavy atom. The van der Waals surface area contributed by atoms with Crippen LogP contribution in [0.2, 0.25) is 0 Å². The number of ether oxygens (including phenoxy) is 3. The summed E-state index contributed by atoms with van der Waals surface area (Å²) in [5.41, 5.74) is -1.25. The van der Waals surface area contributed by atoms with Gasteiger partial charge >= 0.3 is 0 Å². The highest BCUT2D eigenvalue weighted by molar-refractivity contribution is 6.04. The van der Waals surface area contributed by atoms with E-state index >= 15 is 0 Å². The van der Waals surface area contributed by atoms with Gasteiger partial charge in [-0.2, -0.15) is 0 Å². The van der Waals surface area contributed by atoms with Gasteiger partial charge in [0.1, 0.15) is 18.0 Å². The Kier molecular flexibility index (Phi) is 4.83. The molecule has 2 heterocycles. The first-order valence-electron chi connectivity index (χ1n) is 7.13. The van der Waals surface area contributed by atoms with Gasteiger partial charge in [-0.05, 0) is 20.3 Å². The molecule has 2 N–H and O–H groups in total. The largest absolute Gasteiger partial charge is 0.475 e. The smallest absolute Gasteiger partial charge is 0.216 e. The number of carbonyl (C=O) groups excluding carboxylic acids is 1. The molecule has 3 atom stereocenters. The first-order valence-corrected chi connectivity index (χ1v) is 7.13. The molecule has 0 spiro atoms. The van der Waals surface area contributed by atoms with E-state index in [1.165, 1.54) is 0 Å². The SMILES string of the molecule is CC/C=C\[C@@H]1OC(C)O[C@@H]1C1=C(C)C(=O)C(CO)(CO)O1. The third kappa shape index (κ3) is 2.76. The highest BCUT2D eigenvalue weighted by Crippen LogP contribution is 2.37. The van der Waals surface area contributed by atoms with Crippen molar-refractivity contribution in [1.29, 1.82) is 0 Å². The van der Waals surface area contributed by atoms with Crippen molar-refractivity contribution in [3.8, 4) is 0 Å². The van der Waals surface area contributed by atoms with Gasteiger partial charge in [0.15, 0.2) is 6.29 Å². The van der Waals surface area contributed by atoms with Crippen LogP contribution in [0.15, 0.2) is 23.5 Å². The number of ketones is 1. The molecule has 0 saturated carbocycles. The summed E-state index contributed by atoms with van der Waals surface area (Å²) in [6.45, 7) is 4.22. The lowest BCUT2D eigenvalue weighted by Gasteiger charge is -2.25. The highest BCUT2D eigenvalue weighted by Gasteiger charge is 2.51. The maximum absolute atomic E-state index is 12.2. The number of hydrogen-bond acceptors (Lipinski definition) is 6. The second-order valence-corrected chi connectivity index (χ2v) is 5.29. The molecular formula is C15H22O6. The van der Waals surface area contributed by atoms with Gasteiger partial charge in [-0.15, -0.1) is 0 Å². The van der Waals surface area contributed by atoms with Crippen LogP contribution in [-0.4, -0.2) is 53.3 Å². The van der Waals surface area contributed by atoms with Crippen molar-refractivity contribution in [2.45, 2.75) is 51.3 Å². The molecule has 0 bridgehead atoms. The zero-order valence-corrected chi connectivity index (χ0v) is 12.5. The predicted octanol–water partition coefficient (Wildman–Crippen LogP) is 0.679. The number of rotatable bonds is 5. The molecule has 0 aromatic heterocycles. The lowest BCUT2D eigenvalue weighted by atomic mass is 9.96. The van der Waals surface area contributed by atoms with E-state index in [0.717, 1.165) is 6.42 Å². The second kappa shape index (κ2) is 6.27. The molecule has 0 radical (unpaired) electrons. The summed E-state index contributed by atoms with van der Waals surface area (Å²) in [4.78, 5) is 12.2. The maximum atomic E-state index is 12.2. The van der Waals surface area contributed by atoms with Crippen LogP contribution in [0.3, 0.4) is 0 Å². The van der Waals surface area contributed by atoms with E-state index in [1.54, 1.807) is 13.8 Å². The Morgan fingerprint density at radius 1 is 1.29 bits per heavy atom. The van der Waals surface area contributed by atoms with Crippen molar-refractivity contribution in [2.24, 2.45) is 0 Å². The Balaban J connectivity index is 2.28. The third-order valence-corrected chi connectivity index (χ3v) is 3.75. The average Bonchev–Trinajstić information content (AvgIpc) is 2.97. The van der Waals surface area contributed by atoms with Gasteiger partial charge in [0.05, 0.1) is 13.2 Å². The molecule has 1 saturated heterocycles. The summed E-state index contributed by atoms with van der Waals surface area (Å²) in [5.74, 6) is -0.0814. The summed E-state index contributed by atoms with van der Waals surface area (Å²) in [7, 11) is 0. The molecule has 0 aromatic rings. The first-order chi connectivity index (χ1) is 9.99. The zero-order valence-electron chi connectivity index (χ0n) is 12.5. The molecule has 21 heavy (non-hydrogen) atoms. The number of aliphatic hydroxyl groups is 2. The molecule has 6 heteroatoms. The van der Waals surface area contributed by atoms with E-state index in [-0.39, 0.29) is 6.10 Å². The van der Waals surface area contributed by atoms with Gasteiger partial charge < -0.3 is 24.4 Å². The normalized spacial score (nSPS) is 32.2. The van der Waals surface area contributed by atoms with Crippen LogP contribution in [0.1, 0.15) is 27.2 Å². The summed E-state index contributed by atoms with van der Waals surface area (Å²) in [6, 6.07) is 0. The van der Waals surface area contributed by atoms with E-state index in [2.05, 4.69) is 0 Å². The fourth-order valence-corrected chi connectivity index (χ4v) is 2.55. The van der Waals surface area contributed by atoms with E-state index in [9.17, 15) is 15.0 Å². The fourth-order valence-electron chi connectivity index (χ4n) is 2.55. The zero-order chi connectivity index (χ0) is 15.6. The van der Waals surface area contributed by atoms with Crippen LogP contribution in [0.25, 0.3) is 0 Å². The number of hydrogen-bond donors (Lipinski definition) is 2. The monoisotopic (exact) mass is 298 g/mol. The molecule has 1 fully saturated rings. The topological polar surface area (TPSA) is 85.2 Å². The Labute approximate surface area is 124 Å². The van der Waals surface area contributed by atoms with Crippen molar-refractivity contribution in [1.82, 2.24) is 0 Å². The van der Waals surface area contributed by atoms with Crippen molar-refractivity contribution >= 4 is 5.78 Å². The number of allylic oxidation sites excluding steroid dienone is 1. The van der Waals surface area contributed by atoms with Crippen LogP contribution in [0.5, 0.6) is 0 Å². The molecule has 0 aromatic carbocycles. The summed E-state index contributed by atoms with van der Waals surface area (Å²) in [5, 5.41) is 18.8. The molecule has 0 aliphatic carbocycles. The maximum Gasteiger partial charge on any atom is 0.216 e. The van der Waals surface area contributed by atoms with E-state index in [1.807, 2.05) is 19.1 Å². The minimum atomic E-state index is -1.60. The van der Waals surface area contributed by atoms with Gasteiger partial charge in [0.2, 0.25) is 11.4 Å². The molecule has 2 aliphatic heterocycles. The molecule has 118 valence electrons. The van der Waals surface area contributed by atoms with Crippen molar-refractivity contribution < 1.29 is 29.2 Å². The highest BCUT2D eigenvalue weighted by atomic mass is 16.7. The summed E-state index contributed by atoms with van der Waals surface area (Å²) in [6.07, 6.45) is 3.36. The van der Waals surface area contributed by atoms with E-state index in [4.69, 9.17) is 14.2 Å². The van der Waals surface area contributed by atoms with Gasteiger partial charge in [-0.1, -0.05) is 19.1 Å². The number of Topliss-reactive ketones (excluding diaryl/α,β-unsaturated/α-hetero) is 1. The fraction of sp³-hybridized carbons (Fsp3) is 0.667. The third-order valence-electron chi connectivity index (χ3n) is 3.75. The van der Waals surface area contributed by atoms with Crippen LogP contribution in [-0.2, 0) is 19.0 Å². The number of carbonyl (C=O) groups is 1. The van der Waals surface area contributed by atoms with Crippen LogP contribution < -0.4 is 0 Å². The molecule has 2 rings (SSSR count). The second-order valence-electron chi connectivity index (χ2n) is 5.29. The van der Waals surface area contributed by atoms with E-state index in [0.29, 0.717) is 11.3 Å². The lowest BCUT2D eigenvalue weighted by molar-refractivity contribution is -0.142. The van der Waals surface area contributed by atoms with Crippen molar-refractivity contribution in [2.75, 3.05) is 13.2 Å². The lowest BCUT2D eigenvalue weighted by Crippen LogP contribution is -2.45. The summed E-state index contributed by atoms with van der Waals surface area (Å²) >= 11 is 0. The first kappa shape index (κ1) is 16.2. The quantitative estimate of drug-likeness (QED) is 0.726. The van der Waals surface area contributed by atoms with Crippen LogP contribution in [0.4, 0.5) is 0 Å². The summed E-state index contributed by atoms with van der Waals surface area (Å²) < 4.78 is 16.9. The minimum absolute atomic E-state index is 0.332. The molecular weight excluding hydrogens is 276 g/mol. The van der Waals surface area contributed by atoms with E-state index < -0.39 is 37.0 Å². The Hall–Kier alpha value is -1.21. The van der Waals surface area contributed by atoms with Gasteiger partial charge in [0.25, 0.3) is 0 Å². The predicted molar refractivity (Wildman–Crippen MR) is 74.3 cm³/mol. The van der Waals surface area contributed by atoms with Gasteiger partial charge in [0, 0.05) is 5.57 Å². The molecule has 1 unspecified atom stereocenters. The van der Waals surface area contributed by atoms with Crippen molar-refractivity contribution in [3.05, 3.63) is 23.5 Å². The van der Waals surface area contributed by atoms with Gasteiger partial charge in [-0.25, -0.2) is 0 Å². The average molecular weight is 298 g/mol. The van der Waals surface area contributed by atoms with Gasteiger partial charge in [-0.3, -0.25) is 4.79 Å². The number of aliphatic hydroxyl groups excluding tert-OH is 2. The molecule has 6 nitrogen and oxygen atoms in total. The Bertz CT molecular complexity index is 463.